The van der Waals surface area contributed by atoms with Crippen LogP contribution in [0.3, 0.4) is 0 Å². The van der Waals surface area contributed by atoms with Gasteiger partial charge >= 0.3 is 6.03 Å². The van der Waals surface area contributed by atoms with E-state index >= 15 is 0 Å². The molecule has 0 spiro atoms. The summed E-state index contributed by atoms with van der Waals surface area (Å²) in [5.74, 6) is 0.367. The average Bonchev–Trinajstić information content (AvgIpc) is 3.28. The predicted octanol–water partition coefficient (Wildman–Crippen LogP) is 2.52. The highest BCUT2D eigenvalue weighted by molar-refractivity contribution is 7.92. The first-order valence-electron chi connectivity index (χ1n) is 8.39. The van der Waals surface area contributed by atoms with E-state index in [2.05, 4.69) is 22.8 Å². The molecule has 2 heterocycles. The Labute approximate surface area is 157 Å². The molecule has 0 unspecified atom stereocenters. The SMILES string of the molecule is CS(=O)(=O)c1ccc(CNC(=O)NC[C@@H]2C[C@H](c3ccccc3)CO2)s1. The minimum absolute atomic E-state index is 0.00420. The highest BCUT2D eigenvalue weighted by Crippen LogP contribution is 2.28. The number of carbonyl (C=O) groups excluding carboxylic acids is 1. The number of rotatable bonds is 6. The van der Waals surface area contributed by atoms with Gasteiger partial charge in [-0.2, -0.15) is 0 Å². The summed E-state index contributed by atoms with van der Waals surface area (Å²) in [5.41, 5.74) is 1.26. The molecule has 0 radical (unpaired) electrons. The molecule has 8 heteroatoms. The van der Waals surface area contributed by atoms with Crippen LogP contribution >= 0.6 is 11.3 Å². The smallest absolute Gasteiger partial charge is 0.315 e. The van der Waals surface area contributed by atoms with E-state index in [0.29, 0.717) is 29.8 Å². The molecule has 3 rings (SSSR count). The first-order valence-corrected chi connectivity index (χ1v) is 11.1. The maximum absolute atomic E-state index is 11.9. The van der Waals surface area contributed by atoms with Crippen molar-refractivity contribution in [2.24, 2.45) is 0 Å². The number of sulfone groups is 1. The van der Waals surface area contributed by atoms with E-state index in [4.69, 9.17) is 4.74 Å². The lowest BCUT2D eigenvalue weighted by Gasteiger charge is -2.12. The Morgan fingerprint density at radius 1 is 1.19 bits per heavy atom. The molecule has 1 aliphatic rings. The van der Waals surface area contributed by atoms with E-state index in [9.17, 15) is 13.2 Å². The number of ether oxygens (including phenoxy) is 1. The molecule has 1 aliphatic heterocycles. The zero-order valence-corrected chi connectivity index (χ0v) is 16.1. The van der Waals surface area contributed by atoms with Crippen LogP contribution in [0.1, 0.15) is 22.8 Å². The van der Waals surface area contributed by atoms with Crippen molar-refractivity contribution in [2.75, 3.05) is 19.4 Å². The molecule has 1 aromatic carbocycles. The molecule has 6 nitrogen and oxygen atoms in total. The van der Waals surface area contributed by atoms with E-state index in [1.165, 1.54) is 23.2 Å². The van der Waals surface area contributed by atoms with Crippen LogP contribution in [0.4, 0.5) is 4.79 Å². The molecule has 0 bridgehead atoms. The molecule has 140 valence electrons. The molecule has 1 aromatic heterocycles. The van der Waals surface area contributed by atoms with E-state index in [1.54, 1.807) is 12.1 Å². The van der Waals surface area contributed by atoms with Crippen LogP contribution in [-0.4, -0.2) is 40.0 Å². The molecule has 1 fully saturated rings. The van der Waals surface area contributed by atoms with Crippen LogP contribution in [0, 0.1) is 0 Å². The van der Waals surface area contributed by atoms with Gasteiger partial charge in [-0.05, 0) is 24.1 Å². The number of nitrogens with one attached hydrogen (secondary N) is 2. The Morgan fingerprint density at radius 3 is 2.65 bits per heavy atom. The van der Waals surface area contributed by atoms with E-state index in [1.807, 2.05) is 18.2 Å². The van der Waals surface area contributed by atoms with Gasteiger partial charge in [0.15, 0.2) is 9.84 Å². The summed E-state index contributed by atoms with van der Waals surface area (Å²) in [6, 6.07) is 13.2. The van der Waals surface area contributed by atoms with Crippen molar-refractivity contribution in [3.8, 4) is 0 Å². The maximum atomic E-state index is 11.9. The lowest BCUT2D eigenvalue weighted by Crippen LogP contribution is -2.39. The van der Waals surface area contributed by atoms with Crippen LogP contribution in [0.5, 0.6) is 0 Å². The second kappa shape index (κ2) is 8.20. The first-order chi connectivity index (χ1) is 12.4. The average molecular weight is 395 g/mol. The third-order valence-electron chi connectivity index (χ3n) is 4.27. The van der Waals surface area contributed by atoms with Gasteiger partial charge in [-0.3, -0.25) is 0 Å². The van der Waals surface area contributed by atoms with Crippen molar-refractivity contribution in [1.82, 2.24) is 10.6 Å². The van der Waals surface area contributed by atoms with Crippen LogP contribution in [0.25, 0.3) is 0 Å². The maximum Gasteiger partial charge on any atom is 0.315 e. The summed E-state index contributed by atoms with van der Waals surface area (Å²) in [5, 5.41) is 5.56. The summed E-state index contributed by atoms with van der Waals surface area (Å²) < 4.78 is 29.0. The van der Waals surface area contributed by atoms with Crippen LogP contribution in [0.2, 0.25) is 0 Å². The fourth-order valence-corrected chi connectivity index (χ4v) is 4.81. The molecule has 0 aliphatic carbocycles. The van der Waals surface area contributed by atoms with E-state index in [-0.39, 0.29) is 12.1 Å². The van der Waals surface area contributed by atoms with Crippen molar-refractivity contribution in [3.05, 3.63) is 52.9 Å². The Morgan fingerprint density at radius 2 is 1.96 bits per heavy atom. The lowest BCUT2D eigenvalue weighted by molar-refractivity contribution is 0.110. The topological polar surface area (TPSA) is 84.5 Å². The number of amides is 2. The lowest BCUT2D eigenvalue weighted by atomic mass is 9.96. The monoisotopic (exact) mass is 394 g/mol. The van der Waals surface area contributed by atoms with Crippen molar-refractivity contribution < 1.29 is 17.9 Å². The highest BCUT2D eigenvalue weighted by Gasteiger charge is 2.26. The molecule has 0 saturated carbocycles. The van der Waals surface area contributed by atoms with Gasteiger partial charge in [0, 0.05) is 23.6 Å². The Balaban J connectivity index is 1.40. The summed E-state index contributed by atoms with van der Waals surface area (Å²) in [6.07, 6.45) is 2.06. The Bertz CT molecular complexity index is 849. The normalized spacial score (nSPS) is 20.0. The number of carbonyl (C=O) groups is 1. The minimum atomic E-state index is -3.20. The van der Waals surface area contributed by atoms with Crippen molar-refractivity contribution >= 4 is 27.2 Å². The van der Waals surface area contributed by atoms with Gasteiger partial charge in [0.25, 0.3) is 0 Å². The summed E-state index contributed by atoms with van der Waals surface area (Å²) in [7, 11) is -3.20. The van der Waals surface area contributed by atoms with Gasteiger partial charge in [-0.25, -0.2) is 13.2 Å². The zero-order valence-electron chi connectivity index (χ0n) is 14.5. The number of benzene rings is 1. The molecule has 2 atom stereocenters. The summed E-state index contributed by atoms with van der Waals surface area (Å²) >= 11 is 1.17. The number of hydrogen-bond acceptors (Lipinski definition) is 5. The number of urea groups is 1. The molecular formula is C18H22N2O4S2. The largest absolute Gasteiger partial charge is 0.376 e. The third kappa shape index (κ3) is 5.06. The quantitative estimate of drug-likeness (QED) is 0.788. The molecule has 2 aromatic rings. The molecule has 26 heavy (non-hydrogen) atoms. The second-order valence-corrected chi connectivity index (χ2v) is 9.77. The zero-order chi connectivity index (χ0) is 18.6. The van der Waals surface area contributed by atoms with Crippen molar-refractivity contribution in [1.29, 1.82) is 0 Å². The summed E-state index contributed by atoms with van der Waals surface area (Å²) in [6.45, 7) is 1.42. The Kier molecular flexibility index (Phi) is 5.95. The second-order valence-electron chi connectivity index (χ2n) is 6.36. The van der Waals surface area contributed by atoms with Crippen LogP contribution < -0.4 is 10.6 Å². The predicted molar refractivity (Wildman–Crippen MR) is 101 cm³/mol. The fourth-order valence-electron chi connectivity index (χ4n) is 2.89. The summed E-state index contributed by atoms with van der Waals surface area (Å²) in [4.78, 5) is 12.7. The van der Waals surface area contributed by atoms with Crippen LogP contribution in [-0.2, 0) is 21.1 Å². The number of thiophene rings is 1. The van der Waals surface area contributed by atoms with Crippen LogP contribution in [0.15, 0.2) is 46.7 Å². The van der Waals surface area contributed by atoms with E-state index < -0.39 is 9.84 Å². The fraction of sp³-hybridized carbons (Fsp3) is 0.389. The third-order valence-corrected chi connectivity index (χ3v) is 7.17. The van der Waals surface area contributed by atoms with Gasteiger partial charge in [-0.1, -0.05) is 30.3 Å². The molecule has 1 saturated heterocycles. The van der Waals surface area contributed by atoms with Crippen molar-refractivity contribution in [3.63, 3.8) is 0 Å². The minimum Gasteiger partial charge on any atom is -0.376 e. The highest BCUT2D eigenvalue weighted by atomic mass is 32.2. The standard InChI is InChI=1S/C18H22N2O4S2/c1-26(22,23)17-8-7-16(25-17)11-20-18(21)19-10-15-9-14(12-24-15)13-5-3-2-4-6-13/h2-8,14-15H,9-12H2,1H3,(H2,19,20,21)/t14-,15-/m0/s1. The van der Waals surface area contributed by atoms with Gasteiger partial charge < -0.3 is 15.4 Å². The Hall–Kier alpha value is -1.90. The van der Waals surface area contributed by atoms with Gasteiger partial charge in [0.05, 0.1) is 19.3 Å². The molecular weight excluding hydrogens is 372 g/mol. The van der Waals surface area contributed by atoms with E-state index in [0.717, 1.165) is 11.3 Å². The first kappa shape index (κ1) is 18.9. The van der Waals surface area contributed by atoms with Gasteiger partial charge in [0.1, 0.15) is 4.21 Å². The number of hydrogen-bond donors (Lipinski definition) is 2. The van der Waals surface area contributed by atoms with Gasteiger partial charge in [0.2, 0.25) is 0 Å². The van der Waals surface area contributed by atoms with Crippen molar-refractivity contribution in [2.45, 2.75) is 29.2 Å². The van der Waals surface area contributed by atoms with Gasteiger partial charge in [-0.15, -0.1) is 11.3 Å². The molecule has 2 amide bonds. The molecule has 2 N–H and O–H groups in total.